The molecule has 22 heavy (non-hydrogen) atoms. The number of ether oxygens (including phenoxy) is 1. The Labute approximate surface area is 131 Å². The van der Waals surface area contributed by atoms with Gasteiger partial charge >= 0.3 is 0 Å². The van der Waals surface area contributed by atoms with E-state index in [0.29, 0.717) is 12.6 Å². The van der Waals surface area contributed by atoms with Crippen molar-refractivity contribution in [2.24, 2.45) is 0 Å². The first kappa shape index (κ1) is 15.3. The highest BCUT2D eigenvalue weighted by Crippen LogP contribution is 2.24. The normalized spacial score (nSPS) is 19.5. The van der Waals surface area contributed by atoms with Crippen molar-refractivity contribution >= 4 is 0 Å². The molecule has 3 rings (SSSR count). The molecule has 1 fully saturated rings. The number of aliphatic hydroxyl groups is 1. The highest BCUT2D eigenvalue weighted by Gasteiger charge is 2.14. The minimum absolute atomic E-state index is 0.349. The molecule has 0 spiro atoms. The van der Waals surface area contributed by atoms with Gasteiger partial charge in [0.1, 0.15) is 11.5 Å². The summed E-state index contributed by atoms with van der Waals surface area (Å²) >= 11 is 0. The Bertz CT molecular complexity index is 583. The molecule has 1 aliphatic rings. The Hall–Kier alpha value is -1.62. The van der Waals surface area contributed by atoms with E-state index in [-0.39, 0.29) is 0 Å². The van der Waals surface area contributed by atoms with Crippen LogP contribution in [0.1, 0.15) is 37.2 Å². The fourth-order valence-electron chi connectivity index (χ4n) is 2.72. The number of hydrogen-bond acceptors (Lipinski definition) is 4. The number of furan rings is 1. The second kappa shape index (κ2) is 7.09. The van der Waals surface area contributed by atoms with Crippen LogP contribution in [0.15, 0.2) is 40.8 Å². The summed E-state index contributed by atoms with van der Waals surface area (Å²) in [7, 11) is 0. The van der Waals surface area contributed by atoms with Gasteiger partial charge in [-0.05, 0) is 37.5 Å². The molecule has 0 saturated carbocycles. The van der Waals surface area contributed by atoms with E-state index < -0.39 is 6.10 Å². The van der Waals surface area contributed by atoms with Gasteiger partial charge in [0.15, 0.2) is 0 Å². The number of benzene rings is 1. The lowest BCUT2D eigenvalue weighted by Crippen LogP contribution is -2.25. The number of hydrogen-bond donors (Lipinski definition) is 2. The predicted octanol–water partition coefficient (Wildman–Crippen LogP) is 3.27. The molecule has 1 aliphatic heterocycles. The van der Waals surface area contributed by atoms with E-state index >= 15 is 0 Å². The van der Waals surface area contributed by atoms with Crippen LogP contribution < -0.4 is 5.32 Å². The van der Waals surface area contributed by atoms with Crippen LogP contribution in [0.4, 0.5) is 0 Å². The predicted molar refractivity (Wildman–Crippen MR) is 85.5 cm³/mol. The molecular formula is C18H23NO3. The summed E-state index contributed by atoms with van der Waals surface area (Å²) in [5.74, 6) is 1.78. The van der Waals surface area contributed by atoms with Crippen molar-refractivity contribution in [1.29, 1.82) is 0 Å². The Morgan fingerprint density at radius 2 is 2.05 bits per heavy atom. The zero-order valence-corrected chi connectivity index (χ0v) is 12.9. The third-order valence-electron chi connectivity index (χ3n) is 4.03. The summed E-state index contributed by atoms with van der Waals surface area (Å²) in [4.78, 5) is 0. The zero-order valence-electron chi connectivity index (χ0n) is 12.9. The van der Waals surface area contributed by atoms with Gasteiger partial charge < -0.3 is 19.6 Å². The number of nitrogens with one attached hydrogen (secondary N) is 1. The lowest BCUT2D eigenvalue weighted by molar-refractivity contribution is 0.109. The fraction of sp³-hybridized carbons (Fsp3) is 0.444. The van der Waals surface area contributed by atoms with E-state index in [2.05, 4.69) is 5.32 Å². The van der Waals surface area contributed by atoms with Gasteiger partial charge in [0.05, 0.1) is 18.8 Å². The molecular weight excluding hydrogens is 278 g/mol. The fourth-order valence-corrected chi connectivity index (χ4v) is 2.72. The lowest BCUT2D eigenvalue weighted by atomic mass is 10.1. The van der Waals surface area contributed by atoms with Gasteiger partial charge in [-0.15, -0.1) is 0 Å². The highest BCUT2D eigenvalue weighted by atomic mass is 16.5. The average Bonchev–Trinajstić information content (AvgIpc) is 3.19. The van der Waals surface area contributed by atoms with Crippen molar-refractivity contribution in [3.05, 3.63) is 47.7 Å². The summed E-state index contributed by atoms with van der Waals surface area (Å²) in [5.41, 5.74) is 1.93. The molecule has 2 aromatic rings. The van der Waals surface area contributed by atoms with E-state index in [1.807, 2.05) is 36.4 Å². The maximum Gasteiger partial charge on any atom is 0.134 e. The van der Waals surface area contributed by atoms with E-state index in [9.17, 15) is 5.11 Å². The van der Waals surface area contributed by atoms with Gasteiger partial charge in [0.2, 0.25) is 0 Å². The Morgan fingerprint density at radius 3 is 2.73 bits per heavy atom. The molecule has 1 aromatic heterocycles. The van der Waals surface area contributed by atoms with E-state index in [0.717, 1.165) is 42.2 Å². The zero-order chi connectivity index (χ0) is 15.4. The standard InChI is InChI=1S/C18H23NO3/c1-13(20)14-4-6-15(7-5-14)18-9-8-17(22-18)12-19-11-16-3-2-10-21-16/h4-9,13,16,19-20H,2-3,10-12H2,1H3/t13-,16-/m0/s1. The molecule has 0 unspecified atom stereocenters. The molecule has 4 heteroatoms. The summed E-state index contributed by atoms with van der Waals surface area (Å²) in [5, 5.41) is 12.9. The topological polar surface area (TPSA) is 54.6 Å². The summed E-state index contributed by atoms with van der Waals surface area (Å²) in [6.45, 7) is 4.24. The van der Waals surface area contributed by atoms with Gasteiger partial charge in [0, 0.05) is 18.7 Å². The van der Waals surface area contributed by atoms with Crippen molar-refractivity contribution in [1.82, 2.24) is 5.32 Å². The van der Waals surface area contributed by atoms with Crippen molar-refractivity contribution < 1.29 is 14.3 Å². The molecule has 0 aliphatic carbocycles. The van der Waals surface area contributed by atoms with Crippen LogP contribution in [-0.4, -0.2) is 24.4 Å². The first-order chi connectivity index (χ1) is 10.7. The van der Waals surface area contributed by atoms with Crippen LogP contribution in [0.3, 0.4) is 0 Å². The molecule has 2 atom stereocenters. The van der Waals surface area contributed by atoms with Crippen molar-refractivity contribution in [2.75, 3.05) is 13.2 Å². The lowest BCUT2D eigenvalue weighted by Gasteiger charge is -2.09. The number of rotatable bonds is 6. The van der Waals surface area contributed by atoms with Crippen LogP contribution in [0.25, 0.3) is 11.3 Å². The molecule has 0 amide bonds. The van der Waals surface area contributed by atoms with Gasteiger partial charge in [-0.3, -0.25) is 0 Å². The Morgan fingerprint density at radius 1 is 1.23 bits per heavy atom. The first-order valence-electron chi connectivity index (χ1n) is 7.92. The summed E-state index contributed by atoms with van der Waals surface area (Å²) < 4.78 is 11.5. The third kappa shape index (κ3) is 3.77. The monoisotopic (exact) mass is 301 g/mol. The smallest absolute Gasteiger partial charge is 0.134 e. The largest absolute Gasteiger partial charge is 0.460 e. The molecule has 2 heterocycles. The highest BCUT2D eigenvalue weighted by molar-refractivity contribution is 5.58. The maximum atomic E-state index is 9.53. The molecule has 118 valence electrons. The minimum atomic E-state index is -0.441. The third-order valence-corrected chi connectivity index (χ3v) is 4.03. The van der Waals surface area contributed by atoms with Crippen LogP contribution >= 0.6 is 0 Å². The Kier molecular flexibility index (Phi) is 4.93. The maximum absolute atomic E-state index is 9.53. The van der Waals surface area contributed by atoms with Crippen molar-refractivity contribution in [3.63, 3.8) is 0 Å². The number of aliphatic hydroxyl groups excluding tert-OH is 1. The molecule has 0 bridgehead atoms. The summed E-state index contributed by atoms with van der Waals surface area (Å²) in [6, 6.07) is 11.8. The van der Waals surface area contributed by atoms with E-state index in [1.54, 1.807) is 6.92 Å². The van der Waals surface area contributed by atoms with Crippen LogP contribution in [0.2, 0.25) is 0 Å². The van der Waals surface area contributed by atoms with Crippen molar-refractivity contribution in [2.45, 2.75) is 38.5 Å². The molecule has 2 N–H and O–H groups in total. The second-order valence-electron chi connectivity index (χ2n) is 5.83. The molecule has 0 radical (unpaired) electrons. The minimum Gasteiger partial charge on any atom is -0.460 e. The second-order valence-corrected chi connectivity index (χ2v) is 5.83. The average molecular weight is 301 g/mol. The van der Waals surface area contributed by atoms with Crippen LogP contribution in [0.5, 0.6) is 0 Å². The molecule has 1 saturated heterocycles. The Balaban J connectivity index is 1.55. The quantitative estimate of drug-likeness (QED) is 0.860. The van der Waals surface area contributed by atoms with Crippen LogP contribution in [0, 0.1) is 0 Å². The van der Waals surface area contributed by atoms with E-state index in [4.69, 9.17) is 9.15 Å². The SMILES string of the molecule is C[C@H](O)c1ccc(-c2ccc(CNC[C@@H]3CCCO3)o2)cc1. The van der Waals surface area contributed by atoms with Gasteiger partial charge in [-0.25, -0.2) is 0 Å². The summed E-state index contributed by atoms with van der Waals surface area (Å²) in [6.07, 6.45) is 2.22. The molecule has 1 aromatic carbocycles. The first-order valence-corrected chi connectivity index (χ1v) is 7.92. The van der Waals surface area contributed by atoms with Crippen LogP contribution in [-0.2, 0) is 11.3 Å². The van der Waals surface area contributed by atoms with Crippen molar-refractivity contribution in [3.8, 4) is 11.3 Å². The van der Waals surface area contributed by atoms with Gasteiger partial charge in [-0.1, -0.05) is 24.3 Å². The molecule has 4 nitrogen and oxygen atoms in total. The van der Waals surface area contributed by atoms with Gasteiger partial charge in [0.25, 0.3) is 0 Å². The van der Waals surface area contributed by atoms with Gasteiger partial charge in [-0.2, -0.15) is 0 Å². The van der Waals surface area contributed by atoms with E-state index in [1.165, 1.54) is 6.42 Å².